The van der Waals surface area contributed by atoms with Crippen molar-refractivity contribution in [1.82, 2.24) is 9.55 Å². The van der Waals surface area contributed by atoms with Crippen molar-refractivity contribution in [2.45, 2.75) is 27.3 Å². The van der Waals surface area contributed by atoms with Crippen molar-refractivity contribution in [2.24, 2.45) is 5.41 Å². The molecule has 0 bridgehead atoms. The Morgan fingerprint density at radius 1 is 1.38 bits per heavy atom. The number of hydrogen-bond donors (Lipinski definition) is 1. The number of imidazole rings is 1. The molecule has 0 spiro atoms. The van der Waals surface area contributed by atoms with E-state index in [9.17, 15) is 0 Å². The van der Waals surface area contributed by atoms with Crippen LogP contribution in [0.5, 0.6) is 0 Å². The molecule has 0 atom stereocenters. The van der Waals surface area contributed by atoms with Crippen molar-refractivity contribution in [2.75, 3.05) is 5.73 Å². The van der Waals surface area contributed by atoms with Crippen LogP contribution in [-0.4, -0.2) is 9.55 Å². The molecule has 2 rings (SSSR count). The number of benzene rings is 1. The van der Waals surface area contributed by atoms with E-state index in [1.165, 1.54) is 3.57 Å². The third kappa shape index (κ3) is 2.31. The van der Waals surface area contributed by atoms with E-state index in [0.29, 0.717) is 5.95 Å². The molecule has 0 saturated carbocycles. The minimum absolute atomic E-state index is 0.199. The van der Waals surface area contributed by atoms with Crippen molar-refractivity contribution in [3.63, 3.8) is 0 Å². The molecule has 0 aliphatic carbocycles. The summed E-state index contributed by atoms with van der Waals surface area (Å²) in [4.78, 5) is 4.39. The molecule has 86 valence electrons. The molecule has 3 nitrogen and oxygen atoms in total. The van der Waals surface area contributed by atoms with Crippen LogP contribution in [0.15, 0.2) is 18.2 Å². The lowest BCUT2D eigenvalue weighted by molar-refractivity contribution is 0.351. The van der Waals surface area contributed by atoms with Crippen molar-refractivity contribution in [3.05, 3.63) is 21.8 Å². The predicted octanol–water partition coefficient (Wildman–Crippen LogP) is 3.27. The molecule has 0 aliphatic heterocycles. The maximum absolute atomic E-state index is 5.96. The smallest absolute Gasteiger partial charge is 0.201 e. The van der Waals surface area contributed by atoms with Gasteiger partial charge in [-0.15, -0.1) is 0 Å². The summed E-state index contributed by atoms with van der Waals surface area (Å²) in [5.74, 6) is 0.604. The molecular weight excluding hydrogens is 313 g/mol. The number of nitrogens with zero attached hydrogens (tertiary/aromatic N) is 2. The second-order valence-corrected chi connectivity index (χ2v) is 6.50. The van der Waals surface area contributed by atoms with Gasteiger partial charge in [0.1, 0.15) is 0 Å². The first-order valence-corrected chi connectivity index (χ1v) is 6.36. The molecule has 1 heterocycles. The molecular formula is C12H16IN3. The van der Waals surface area contributed by atoms with Gasteiger partial charge in [-0.05, 0) is 46.2 Å². The fourth-order valence-corrected chi connectivity index (χ4v) is 2.24. The van der Waals surface area contributed by atoms with Gasteiger partial charge in [0.15, 0.2) is 0 Å². The molecule has 4 heteroatoms. The van der Waals surface area contributed by atoms with Crippen LogP contribution in [0.25, 0.3) is 11.0 Å². The van der Waals surface area contributed by atoms with Crippen molar-refractivity contribution in [3.8, 4) is 0 Å². The Labute approximate surface area is 109 Å². The van der Waals surface area contributed by atoms with Crippen LogP contribution in [0.2, 0.25) is 0 Å². The van der Waals surface area contributed by atoms with Gasteiger partial charge in [0, 0.05) is 10.1 Å². The van der Waals surface area contributed by atoms with Gasteiger partial charge in [-0.25, -0.2) is 4.98 Å². The highest BCUT2D eigenvalue weighted by Crippen LogP contribution is 2.25. The minimum atomic E-state index is 0.199. The van der Waals surface area contributed by atoms with Crippen LogP contribution in [0.1, 0.15) is 20.8 Å². The maximum Gasteiger partial charge on any atom is 0.201 e. The molecule has 16 heavy (non-hydrogen) atoms. The zero-order valence-corrected chi connectivity index (χ0v) is 11.9. The lowest BCUT2D eigenvalue weighted by atomic mass is 9.97. The van der Waals surface area contributed by atoms with Crippen LogP contribution in [0.4, 0.5) is 5.95 Å². The summed E-state index contributed by atoms with van der Waals surface area (Å²) in [6, 6.07) is 6.24. The van der Waals surface area contributed by atoms with Crippen molar-refractivity contribution < 1.29 is 0 Å². The van der Waals surface area contributed by atoms with Crippen LogP contribution < -0.4 is 5.73 Å². The molecule has 2 N–H and O–H groups in total. The summed E-state index contributed by atoms with van der Waals surface area (Å²) in [7, 11) is 0. The van der Waals surface area contributed by atoms with E-state index in [1.807, 2.05) is 0 Å². The summed E-state index contributed by atoms with van der Waals surface area (Å²) in [6.45, 7) is 7.48. The largest absolute Gasteiger partial charge is 0.369 e. The van der Waals surface area contributed by atoms with Gasteiger partial charge >= 0.3 is 0 Å². The monoisotopic (exact) mass is 329 g/mol. The van der Waals surface area contributed by atoms with Crippen LogP contribution in [0, 0.1) is 8.99 Å². The lowest BCUT2D eigenvalue weighted by Crippen LogP contribution is -2.17. The van der Waals surface area contributed by atoms with Gasteiger partial charge in [0.2, 0.25) is 5.95 Å². The predicted molar refractivity (Wildman–Crippen MR) is 76.3 cm³/mol. The Morgan fingerprint density at radius 2 is 2.06 bits per heavy atom. The van der Waals surface area contributed by atoms with Gasteiger partial charge in [0.05, 0.1) is 11.0 Å². The van der Waals surface area contributed by atoms with E-state index in [2.05, 4.69) is 71.1 Å². The van der Waals surface area contributed by atoms with Crippen LogP contribution in [-0.2, 0) is 6.54 Å². The highest BCUT2D eigenvalue weighted by atomic mass is 127. The molecule has 1 aromatic carbocycles. The van der Waals surface area contributed by atoms with E-state index in [-0.39, 0.29) is 5.41 Å². The van der Waals surface area contributed by atoms with Gasteiger partial charge in [-0.2, -0.15) is 0 Å². The SMILES string of the molecule is CC(C)(C)Cn1c(N)nc2cc(I)ccc21. The zero-order chi connectivity index (χ0) is 11.9. The Hall–Kier alpha value is -0.780. The third-order valence-electron chi connectivity index (χ3n) is 2.37. The highest BCUT2D eigenvalue weighted by Gasteiger charge is 2.16. The number of anilines is 1. The fourth-order valence-electron chi connectivity index (χ4n) is 1.76. The van der Waals surface area contributed by atoms with E-state index in [0.717, 1.165) is 17.6 Å². The van der Waals surface area contributed by atoms with E-state index in [1.54, 1.807) is 0 Å². The Kier molecular flexibility index (Phi) is 2.86. The van der Waals surface area contributed by atoms with Crippen molar-refractivity contribution >= 4 is 39.6 Å². The number of halogens is 1. The van der Waals surface area contributed by atoms with E-state index < -0.39 is 0 Å². The van der Waals surface area contributed by atoms with Gasteiger partial charge < -0.3 is 10.3 Å². The summed E-state index contributed by atoms with van der Waals surface area (Å²) in [6.07, 6.45) is 0. The van der Waals surface area contributed by atoms with Gasteiger partial charge in [-0.3, -0.25) is 0 Å². The molecule has 0 radical (unpaired) electrons. The second kappa shape index (κ2) is 3.91. The number of aromatic nitrogens is 2. The molecule has 0 aliphatic rings. The first kappa shape index (κ1) is 11.7. The Morgan fingerprint density at radius 3 is 2.69 bits per heavy atom. The summed E-state index contributed by atoms with van der Waals surface area (Å²) in [5, 5.41) is 0. The summed E-state index contributed by atoms with van der Waals surface area (Å²) < 4.78 is 3.27. The topological polar surface area (TPSA) is 43.8 Å². The average molecular weight is 329 g/mol. The zero-order valence-electron chi connectivity index (χ0n) is 9.79. The molecule has 1 aromatic heterocycles. The fraction of sp³-hybridized carbons (Fsp3) is 0.417. The Balaban J connectivity index is 2.56. The quantitative estimate of drug-likeness (QED) is 0.816. The second-order valence-electron chi connectivity index (χ2n) is 5.25. The molecule has 2 aromatic rings. The highest BCUT2D eigenvalue weighted by molar-refractivity contribution is 14.1. The first-order chi connectivity index (χ1) is 7.37. The molecule has 0 unspecified atom stereocenters. The molecule has 0 saturated heterocycles. The van der Waals surface area contributed by atoms with Gasteiger partial charge in [0.25, 0.3) is 0 Å². The third-order valence-corrected chi connectivity index (χ3v) is 3.04. The van der Waals surface area contributed by atoms with E-state index >= 15 is 0 Å². The first-order valence-electron chi connectivity index (χ1n) is 5.28. The number of fused-ring (bicyclic) bond motifs is 1. The van der Waals surface area contributed by atoms with Crippen LogP contribution >= 0.6 is 22.6 Å². The number of hydrogen-bond acceptors (Lipinski definition) is 2. The molecule has 0 fully saturated rings. The van der Waals surface area contributed by atoms with E-state index in [4.69, 9.17) is 5.73 Å². The lowest BCUT2D eigenvalue weighted by Gasteiger charge is -2.20. The maximum atomic E-state index is 5.96. The van der Waals surface area contributed by atoms with Crippen LogP contribution in [0.3, 0.4) is 0 Å². The number of nitrogens with two attached hydrogens (primary N) is 1. The summed E-state index contributed by atoms with van der Waals surface area (Å²) >= 11 is 2.29. The number of nitrogen functional groups attached to an aromatic ring is 1. The van der Waals surface area contributed by atoms with Crippen molar-refractivity contribution in [1.29, 1.82) is 0 Å². The molecule has 0 amide bonds. The van der Waals surface area contributed by atoms with Gasteiger partial charge in [-0.1, -0.05) is 20.8 Å². The standard InChI is InChI=1S/C12H16IN3/c1-12(2,3)7-16-10-5-4-8(13)6-9(10)15-11(16)14/h4-6H,7H2,1-3H3,(H2,14,15). The minimum Gasteiger partial charge on any atom is -0.369 e. The number of rotatable bonds is 1. The average Bonchev–Trinajstić information content (AvgIpc) is 2.40. The Bertz CT molecular complexity index is 523. The normalized spacial score (nSPS) is 12.2. The summed E-state index contributed by atoms with van der Waals surface area (Å²) in [5.41, 5.74) is 8.26.